The van der Waals surface area contributed by atoms with Gasteiger partial charge in [0.15, 0.2) is 11.1 Å². The maximum absolute atomic E-state index is 7.54. The molecule has 0 saturated heterocycles. The van der Waals surface area contributed by atoms with Crippen LogP contribution in [0.3, 0.4) is 0 Å². The number of hydrogen-bond donors (Lipinski definition) is 2. The quantitative estimate of drug-likeness (QED) is 0.474. The topological polar surface area (TPSA) is 90.9 Å². The predicted molar refractivity (Wildman–Crippen MR) is 77.0 cm³/mol. The third kappa shape index (κ3) is 6.16. The lowest BCUT2D eigenvalue weighted by Gasteiger charge is -2.22. The van der Waals surface area contributed by atoms with Gasteiger partial charge in [0.1, 0.15) is 0 Å². The molecule has 0 aliphatic rings. The van der Waals surface area contributed by atoms with Crippen molar-refractivity contribution in [3.8, 4) is 0 Å². The van der Waals surface area contributed by atoms with E-state index in [0.29, 0.717) is 0 Å². The van der Waals surface area contributed by atoms with Crippen molar-refractivity contribution in [2.75, 3.05) is 14.2 Å². The van der Waals surface area contributed by atoms with Crippen LogP contribution in [0.15, 0.2) is 10.2 Å². The molecular weight excluding hydrogens is 279 g/mol. The van der Waals surface area contributed by atoms with Gasteiger partial charge in [-0.25, -0.2) is 0 Å². The fraction of sp³-hybridized carbons (Fsp3) is 0.800. The first-order valence-corrected chi connectivity index (χ1v) is 4.87. The van der Waals surface area contributed by atoms with Gasteiger partial charge in [0, 0.05) is 0 Å². The third-order valence-electron chi connectivity index (χ3n) is 2.07. The van der Waals surface area contributed by atoms with Gasteiger partial charge in [0.2, 0.25) is 11.8 Å². The van der Waals surface area contributed by atoms with Crippen molar-refractivity contribution in [1.29, 1.82) is 10.8 Å². The van der Waals surface area contributed by atoms with Gasteiger partial charge in [0.25, 0.3) is 0 Å². The lowest BCUT2D eigenvalue weighted by atomic mass is 10.1. The molecule has 0 aliphatic carbocycles. The molecule has 0 atom stereocenters. The molecule has 0 unspecified atom stereocenters. The minimum Gasteiger partial charge on any atom is -0.483 e. The number of azo groups is 1. The molecule has 0 saturated carbocycles. The molecule has 8 heteroatoms. The van der Waals surface area contributed by atoms with Gasteiger partial charge in [-0.2, -0.15) is 10.2 Å². The summed E-state index contributed by atoms with van der Waals surface area (Å²) in [5.41, 5.74) is -1.67. The monoisotopic (exact) mass is 300 g/mol. The highest BCUT2D eigenvalue weighted by molar-refractivity contribution is 5.85. The number of nitrogens with one attached hydrogen (secondary N) is 2. The van der Waals surface area contributed by atoms with Crippen molar-refractivity contribution in [2.24, 2.45) is 10.2 Å². The molecule has 0 amide bonds. The first-order chi connectivity index (χ1) is 7.17. The van der Waals surface area contributed by atoms with Gasteiger partial charge in [-0.15, -0.1) is 24.8 Å². The summed E-state index contributed by atoms with van der Waals surface area (Å²) < 4.78 is 9.62. The Hall–Kier alpha value is -0.880. The summed E-state index contributed by atoms with van der Waals surface area (Å²) in [6, 6.07) is 0. The highest BCUT2D eigenvalue weighted by Gasteiger charge is 2.29. The Kier molecular flexibility index (Phi) is 10.2. The number of hydrogen-bond acceptors (Lipinski definition) is 6. The number of nitrogens with zero attached hydrogens (tertiary/aromatic N) is 2. The Morgan fingerprint density at radius 2 is 1.00 bits per heavy atom. The molecule has 0 aromatic carbocycles. The molecule has 0 spiro atoms. The maximum atomic E-state index is 7.54. The van der Waals surface area contributed by atoms with E-state index in [2.05, 4.69) is 10.2 Å². The molecular formula is C10H22Cl2N4O2. The molecule has 0 aromatic rings. The zero-order valence-electron chi connectivity index (χ0n) is 11.5. The van der Waals surface area contributed by atoms with Crippen molar-refractivity contribution < 1.29 is 9.47 Å². The zero-order chi connectivity index (χ0) is 13.0. The molecule has 108 valence electrons. The molecule has 0 rings (SSSR count). The molecule has 2 N–H and O–H groups in total. The average molecular weight is 301 g/mol. The molecule has 6 nitrogen and oxygen atoms in total. The van der Waals surface area contributed by atoms with Crippen LogP contribution >= 0.6 is 24.8 Å². The van der Waals surface area contributed by atoms with Gasteiger partial charge in [-0.1, -0.05) is 0 Å². The smallest absolute Gasteiger partial charge is 0.210 e. The van der Waals surface area contributed by atoms with Crippen LogP contribution in [-0.2, 0) is 9.47 Å². The van der Waals surface area contributed by atoms with Crippen LogP contribution in [-0.4, -0.2) is 37.1 Å². The van der Waals surface area contributed by atoms with E-state index in [4.69, 9.17) is 20.3 Å². The van der Waals surface area contributed by atoms with E-state index in [-0.39, 0.29) is 36.6 Å². The van der Waals surface area contributed by atoms with Crippen LogP contribution in [0.4, 0.5) is 0 Å². The van der Waals surface area contributed by atoms with Crippen LogP contribution in [0, 0.1) is 10.8 Å². The van der Waals surface area contributed by atoms with Crippen LogP contribution in [0.1, 0.15) is 27.7 Å². The summed E-state index contributed by atoms with van der Waals surface area (Å²) >= 11 is 0. The minimum atomic E-state index is -0.833. The highest BCUT2D eigenvalue weighted by Crippen LogP contribution is 2.18. The number of halogens is 2. The number of rotatable bonds is 4. The largest absolute Gasteiger partial charge is 0.483 e. The second-order valence-corrected chi connectivity index (χ2v) is 4.38. The second kappa shape index (κ2) is 8.26. The van der Waals surface area contributed by atoms with Crippen LogP contribution < -0.4 is 0 Å². The van der Waals surface area contributed by atoms with Crippen LogP contribution in [0.5, 0.6) is 0 Å². The fourth-order valence-electron chi connectivity index (χ4n) is 0.840. The van der Waals surface area contributed by atoms with Gasteiger partial charge in [-0.05, 0) is 27.7 Å². The Balaban J connectivity index is -0.00000112. The van der Waals surface area contributed by atoms with Crippen molar-refractivity contribution in [1.82, 2.24) is 0 Å². The Morgan fingerprint density at radius 1 is 0.778 bits per heavy atom. The van der Waals surface area contributed by atoms with E-state index in [1.807, 2.05) is 0 Å². The molecule has 0 bridgehead atoms. The average Bonchev–Trinajstić information content (AvgIpc) is 2.24. The summed E-state index contributed by atoms with van der Waals surface area (Å²) in [7, 11) is 2.84. The third-order valence-corrected chi connectivity index (χ3v) is 2.07. The molecule has 0 fully saturated rings. The molecule has 0 aromatic heterocycles. The fourth-order valence-corrected chi connectivity index (χ4v) is 0.840. The summed E-state index contributed by atoms with van der Waals surface area (Å²) in [6.07, 6.45) is 0. The molecule has 0 heterocycles. The van der Waals surface area contributed by atoms with Crippen molar-refractivity contribution in [3.63, 3.8) is 0 Å². The van der Waals surface area contributed by atoms with Gasteiger partial charge in [-0.3, -0.25) is 10.8 Å². The van der Waals surface area contributed by atoms with E-state index in [9.17, 15) is 0 Å². The SMILES string of the molecule is COC(=N)C(C)(C)/N=N/C(C)(C)C(=N)OC.Cl.Cl. The summed E-state index contributed by atoms with van der Waals surface area (Å²) in [6.45, 7) is 6.87. The first-order valence-electron chi connectivity index (χ1n) is 4.87. The van der Waals surface area contributed by atoms with E-state index in [1.165, 1.54) is 14.2 Å². The van der Waals surface area contributed by atoms with Crippen LogP contribution in [0.2, 0.25) is 0 Å². The Labute approximate surface area is 120 Å². The predicted octanol–water partition coefficient (Wildman–Crippen LogP) is 3.09. The second-order valence-electron chi connectivity index (χ2n) is 4.38. The summed E-state index contributed by atoms with van der Waals surface area (Å²) in [5, 5.41) is 23.1. The number of ether oxygens (including phenoxy) is 2. The van der Waals surface area contributed by atoms with E-state index < -0.39 is 11.1 Å². The summed E-state index contributed by atoms with van der Waals surface area (Å²) in [5.74, 6) is 0.0481. The van der Waals surface area contributed by atoms with Crippen molar-refractivity contribution in [3.05, 3.63) is 0 Å². The van der Waals surface area contributed by atoms with Crippen molar-refractivity contribution in [2.45, 2.75) is 38.8 Å². The lowest BCUT2D eigenvalue weighted by molar-refractivity contribution is 0.337. The highest BCUT2D eigenvalue weighted by atomic mass is 35.5. The maximum Gasteiger partial charge on any atom is 0.210 e. The van der Waals surface area contributed by atoms with Gasteiger partial charge in [0.05, 0.1) is 14.2 Å². The Morgan fingerprint density at radius 3 is 1.17 bits per heavy atom. The number of methoxy groups -OCH3 is 2. The van der Waals surface area contributed by atoms with E-state index >= 15 is 0 Å². The van der Waals surface area contributed by atoms with Crippen molar-refractivity contribution >= 4 is 36.6 Å². The van der Waals surface area contributed by atoms with Gasteiger partial charge < -0.3 is 9.47 Å². The van der Waals surface area contributed by atoms with Crippen LogP contribution in [0.25, 0.3) is 0 Å². The molecule has 18 heavy (non-hydrogen) atoms. The normalized spacial score (nSPS) is 11.2. The standard InChI is InChI=1S/C10H20N4O2.2ClH/c1-9(2,7(11)15-5)13-14-10(3,4)8(12)16-6;;/h11-12H,1-6H3;2*1H/b11-7?,12-8?,14-13+;;. The van der Waals surface area contributed by atoms with E-state index in [0.717, 1.165) is 0 Å². The van der Waals surface area contributed by atoms with Gasteiger partial charge >= 0.3 is 0 Å². The lowest BCUT2D eigenvalue weighted by Crippen LogP contribution is -2.33. The Bertz CT molecular complexity index is 287. The summed E-state index contributed by atoms with van der Waals surface area (Å²) in [4.78, 5) is 0. The van der Waals surface area contributed by atoms with E-state index in [1.54, 1.807) is 27.7 Å². The first kappa shape index (κ1) is 22.3. The molecule has 0 radical (unpaired) electrons. The molecule has 0 aliphatic heterocycles. The zero-order valence-corrected chi connectivity index (χ0v) is 13.2. The minimum absolute atomic E-state index is 0.